The summed E-state index contributed by atoms with van der Waals surface area (Å²) in [5, 5.41) is 9.48. The fourth-order valence-electron chi connectivity index (χ4n) is 2.43. The minimum Gasteiger partial charge on any atom is -0.495 e. The normalized spacial score (nSPS) is 15.3. The van der Waals surface area contributed by atoms with Crippen LogP contribution in [-0.2, 0) is 24.1 Å². The highest BCUT2D eigenvalue weighted by Gasteiger charge is 2.23. The number of ether oxygens (including phenoxy) is 1. The van der Waals surface area contributed by atoms with E-state index in [-0.39, 0.29) is 6.42 Å². The summed E-state index contributed by atoms with van der Waals surface area (Å²) in [6, 6.07) is 1.05. The molecule has 2 rings (SSSR count). The average molecular weight is 270 g/mol. The number of carbonyl (C=O) groups is 1. The third kappa shape index (κ3) is 2.31. The number of aliphatic carboxylic acids is 1. The van der Waals surface area contributed by atoms with Crippen molar-refractivity contribution < 1.29 is 14.6 Å². The fraction of sp³-hybridized carbons (Fsp3) is 0.462. The molecule has 0 heterocycles. The molecular weight excluding hydrogens is 254 g/mol. The second-order valence-electron chi connectivity index (χ2n) is 4.52. The van der Waals surface area contributed by atoms with Gasteiger partial charge >= 0.3 is 5.97 Å². The van der Waals surface area contributed by atoms with E-state index in [4.69, 9.17) is 27.2 Å². The molecule has 1 aliphatic rings. The zero-order chi connectivity index (χ0) is 13.3. The minimum atomic E-state index is -1.02. The van der Waals surface area contributed by atoms with Crippen LogP contribution in [0.3, 0.4) is 0 Å². The Balaban J connectivity index is 2.40. The molecule has 0 aromatic heterocycles. The summed E-state index contributed by atoms with van der Waals surface area (Å²) in [6.45, 7) is 0. The quantitative estimate of drug-likeness (QED) is 0.874. The van der Waals surface area contributed by atoms with Gasteiger partial charge in [0.05, 0.1) is 12.1 Å². The first-order valence-corrected chi connectivity index (χ1v) is 6.28. The van der Waals surface area contributed by atoms with Gasteiger partial charge in [0.15, 0.2) is 0 Å². The van der Waals surface area contributed by atoms with Crippen LogP contribution in [0.5, 0.6) is 5.75 Å². The minimum absolute atomic E-state index is 0.228. The number of nitrogens with two attached hydrogens (primary N) is 1. The van der Waals surface area contributed by atoms with Crippen molar-refractivity contribution >= 4 is 17.6 Å². The number of methoxy groups -OCH3 is 1. The summed E-state index contributed by atoms with van der Waals surface area (Å²) in [5.41, 5.74) is 8.66. The van der Waals surface area contributed by atoms with Crippen molar-refractivity contribution in [3.8, 4) is 5.75 Å². The summed E-state index contributed by atoms with van der Waals surface area (Å²) < 4.78 is 5.30. The molecule has 0 saturated heterocycles. The van der Waals surface area contributed by atoms with E-state index in [1.165, 1.54) is 5.56 Å². The van der Waals surface area contributed by atoms with Crippen LogP contribution in [0, 0.1) is 0 Å². The molecule has 1 aromatic carbocycles. The van der Waals surface area contributed by atoms with Crippen molar-refractivity contribution in [2.75, 3.05) is 7.11 Å². The molecule has 1 aromatic rings. The van der Waals surface area contributed by atoms with Crippen molar-refractivity contribution in [1.29, 1.82) is 0 Å². The van der Waals surface area contributed by atoms with Crippen LogP contribution in [0.1, 0.15) is 23.1 Å². The first-order valence-electron chi connectivity index (χ1n) is 5.90. The van der Waals surface area contributed by atoms with Crippen molar-refractivity contribution in [3.05, 3.63) is 27.8 Å². The number of carboxylic acid groups (broad SMARTS) is 1. The van der Waals surface area contributed by atoms with E-state index in [0.29, 0.717) is 10.8 Å². The molecule has 1 atom stereocenters. The molecule has 0 radical (unpaired) electrons. The Labute approximate surface area is 111 Å². The van der Waals surface area contributed by atoms with Crippen molar-refractivity contribution in [2.45, 2.75) is 31.7 Å². The topological polar surface area (TPSA) is 72.5 Å². The maximum atomic E-state index is 10.8. The predicted octanol–water partition coefficient (Wildman–Crippen LogP) is 1.79. The summed E-state index contributed by atoms with van der Waals surface area (Å²) in [6.07, 6.45) is 3.24. The van der Waals surface area contributed by atoms with Gasteiger partial charge in [0, 0.05) is 6.42 Å². The average Bonchev–Trinajstić information content (AvgIpc) is 2.77. The molecule has 1 unspecified atom stereocenters. The van der Waals surface area contributed by atoms with Crippen molar-refractivity contribution in [2.24, 2.45) is 5.73 Å². The van der Waals surface area contributed by atoms with Crippen LogP contribution < -0.4 is 10.5 Å². The molecule has 0 amide bonds. The van der Waals surface area contributed by atoms with Gasteiger partial charge in [0.25, 0.3) is 0 Å². The molecule has 0 saturated carbocycles. The number of halogens is 1. The molecule has 4 nitrogen and oxygen atoms in total. The summed E-state index contributed by atoms with van der Waals surface area (Å²) in [4.78, 5) is 10.8. The summed E-state index contributed by atoms with van der Waals surface area (Å²) >= 11 is 6.31. The SMILES string of the molecule is COc1c(CC(N)C(=O)O)cc2c(c1Cl)CCC2. The van der Waals surface area contributed by atoms with Gasteiger partial charge in [-0.3, -0.25) is 4.79 Å². The van der Waals surface area contributed by atoms with Crippen LogP contribution in [-0.4, -0.2) is 24.2 Å². The van der Waals surface area contributed by atoms with Gasteiger partial charge in [-0.15, -0.1) is 0 Å². The van der Waals surface area contributed by atoms with Crippen LogP contribution in [0.4, 0.5) is 0 Å². The molecule has 0 fully saturated rings. The summed E-state index contributed by atoms with van der Waals surface area (Å²) in [7, 11) is 1.54. The van der Waals surface area contributed by atoms with Crippen LogP contribution in [0.2, 0.25) is 5.02 Å². The van der Waals surface area contributed by atoms with Gasteiger partial charge in [0.2, 0.25) is 0 Å². The highest BCUT2D eigenvalue weighted by Crippen LogP contribution is 2.39. The van der Waals surface area contributed by atoms with E-state index in [2.05, 4.69) is 0 Å². The third-order valence-corrected chi connectivity index (χ3v) is 3.73. The number of hydrogen-bond acceptors (Lipinski definition) is 3. The lowest BCUT2D eigenvalue weighted by Gasteiger charge is -2.15. The second kappa shape index (κ2) is 5.16. The van der Waals surface area contributed by atoms with E-state index < -0.39 is 12.0 Å². The second-order valence-corrected chi connectivity index (χ2v) is 4.90. The van der Waals surface area contributed by atoms with Gasteiger partial charge in [-0.2, -0.15) is 0 Å². The highest BCUT2D eigenvalue weighted by molar-refractivity contribution is 6.33. The smallest absolute Gasteiger partial charge is 0.320 e. The molecule has 0 spiro atoms. The van der Waals surface area contributed by atoms with E-state index >= 15 is 0 Å². The Hall–Kier alpha value is -1.26. The Morgan fingerprint density at radius 3 is 2.94 bits per heavy atom. The predicted molar refractivity (Wildman–Crippen MR) is 69.3 cm³/mol. The first kappa shape index (κ1) is 13.2. The lowest BCUT2D eigenvalue weighted by atomic mass is 10.00. The number of fused-ring (bicyclic) bond motifs is 1. The fourth-order valence-corrected chi connectivity index (χ4v) is 2.84. The third-order valence-electron chi connectivity index (χ3n) is 3.33. The maximum absolute atomic E-state index is 10.8. The largest absolute Gasteiger partial charge is 0.495 e. The van der Waals surface area contributed by atoms with E-state index in [9.17, 15) is 4.79 Å². The van der Waals surface area contributed by atoms with Gasteiger partial charge in [-0.25, -0.2) is 0 Å². The first-order chi connectivity index (χ1) is 8.54. The number of rotatable bonds is 4. The molecule has 98 valence electrons. The zero-order valence-electron chi connectivity index (χ0n) is 10.2. The summed E-state index contributed by atoms with van der Waals surface area (Å²) in [5.74, 6) is -0.456. The highest BCUT2D eigenvalue weighted by atomic mass is 35.5. The van der Waals surface area contributed by atoms with Gasteiger partial charge in [-0.1, -0.05) is 17.7 Å². The number of aryl methyl sites for hydroxylation is 1. The van der Waals surface area contributed by atoms with Crippen LogP contribution >= 0.6 is 11.6 Å². The molecule has 0 aliphatic heterocycles. The molecule has 5 heteroatoms. The number of hydrogen-bond donors (Lipinski definition) is 2. The molecule has 18 heavy (non-hydrogen) atoms. The molecular formula is C13H16ClNO3. The van der Waals surface area contributed by atoms with Gasteiger partial charge in [0.1, 0.15) is 11.8 Å². The Bertz CT molecular complexity index is 488. The maximum Gasteiger partial charge on any atom is 0.320 e. The van der Waals surface area contributed by atoms with E-state index in [1.807, 2.05) is 6.07 Å². The molecule has 1 aliphatic carbocycles. The standard InChI is InChI=1S/C13H16ClNO3/c1-18-12-8(6-10(15)13(16)17)5-7-3-2-4-9(7)11(12)14/h5,10H,2-4,6,15H2,1H3,(H,16,17). The zero-order valence-corrected chi connectivity index (χ0v) is 11.0. The van der Waals surface area contributed by atoms with Crippen LogP contribution in [0.25, 0.3) is 0 Å². The molecule has 0 bridgehead atoms. The Kier molecular flexibility index (Phi) is 3.78. The van der Waals surface area contributed by atoms with Gasteiger partial charge < -0.3 is 15.6 Å². The van der Waals surface area contributed by atoms with Crippen molar-refractivity contribution in [1.82, 2.24) is 0 Å². The van der Waals surface area contributed by atoms with Crippen molar-refractivity contribution in [3.63, 3.8) is 0 Å². The Morgan fingerprint density at radius 1 is 1.61 bits per heavy atom. The lowest BCUT2D eigenvalue weighted by Crippen LogP contribution is -2.32. The Morgan fingerprint density at radius 2 is 2.33 bits per heavy atom. The number of carboxylic acids is 1. The van der Waals surface area contributed by atoms with E-state index in [1.54, 1.807) is 7.11 Å². The van der Waals surface area contributed by atoms with E-state index in [0.717, 1.165) is 30.4 Å². The monoisotopic (exact) mass is 269 g/mol. The van der Waals surface area contributed by atoms with Gasteiger partial charge in [-0.05, 0) is 36.0 Å². The lowest BCUT2D eigenvalue weighted by molar-refractivity contribution is -0.138. The van der Waals surface area contributed by atoms with Crippen LogP contribution in [0.15, 0.2) is 6.07 Å². The molecule has 3 N–H and O–H groups in total. The number of benzene rings is 1.